The average molecular weight is 233 g/mol. The van der Waals surface area contributed by atoms with Crippen LogP contribution >= 0.6 is 0 Å². The van der Waals surface area contributed by atoms with Crippen molar-refractivity contribution in [3.63, 3.8) is 0 Å². The minimum Gasteiger partial charge on any atom is -0.374 e. The zero-order valence-corrected chi connectivity index (χ0v) is 10.3. The van der Waals surface area contributed by atoms with E-state index < -0.39 is 12.3 Å². The van der Waals surface area contributed by atoms with Gasteiger partial charge in [0.2, 0.25) is 0 Å². The molecule has 0 amide bonds. The Labute approximate surface area is 95.9 Å². The number of hydrogen-bond donors (Lipinski definition) is 0. The van der Waals surface area contributed by atoms with Gasteiger partial charge in [-0.2, -0.15) is 0 Å². The van der Waals surface area contributed by atoms with Crippen LogP contribution in [0.5, 0.6) is 0 Å². The van der Waals surface area contributed by atoms with Crippen molar-refractivity contribution in [1.29, 1.82) is 0 Å². The lowest BCUT2D eigenvalue weighted by molar-refractivity contribution is -0.0528. The van der Waals surface area contributed by atoms with E-state index in [1.165, 1.54) is 0 Å². The smallest absolute Gasteiger partial charge is 0.115 e. The van der Waals surface area contributed by atoms with Gasteiger partial charge in [0, 0.05) is 25.9 Å². The first-order chi connectivity index (χ1) is 7.31. The maximum atomic E-state index is 13.4. The Balaban J connectivity index is 2.03. The molecular formula is C12H21F2NO. The first-order valence-electron chi connectivity index (χ1n) is 5.98. The van der Waals surface area contributed by atoms with Crippen LogP contribution in [0.25, 0.3) is 0 Å². The molecule has 0 N–H and O–H groups in total. The fourth-order valence-corrected chi connectivity index (χ4v) is 2.80. The molecule has 2 aliphatic rings. The van der Waals surface area contributed by atoms with Crippen LogP contribution in [-0.4, -0.2) is 48.1 Å². The molecule has 2 nitrogen and oxygen atoms in total. The maximum Gasteiger partial charge on any atom is 0.115 e. The van der Waals surface area contributed by atoms with E-state index in [1.807, 2.05) is 25.7 Å². The second-order valence-corrected chi connectivity index (χ2v) is 6.13. The van der Waals surface area contributed by atoms with Crippen LogP contribution in [0.4, 0.5) is 8.78 Å². The standard InChI is InChI=1S/C12H21F2NO/c1-11(2,3)16-8-12-4-9(13)6-15(12)7-10(14)5-12/h9-10H,4-8H2,1-3H3/t9-,10+,12?. The van der Waals surface area contributed by atoms with Gasteiger partial charge >= 0.3 is 0 Å². The van der Waals surface area contributed by atoms with Crippen LogP contribution in [-0.2, 0) is 4.74 Å². The van der Waals surface area contributed by atoms with Gasteiger partial charge in [-0.05, 0) is 20.8 Å². The summed E-state index contributed by atoms with van der Waals surface area (Å²) in [6, 6.07) is 0. The molecule has 2 heterocycles. The van der Waals surface area contributed by atoms with Crippen LogP contribution < -0.4 is 0 Å². The van der Waals surface area contributed by atoms with E-state index >= 15 is 0 Å². The fourth-order valence-electron chi connectivity index (χ4n) is 2.80. The van der Waals surface area contributed by atoms with Crippen LogP contribution in [0.15, 0.2) is 0 Å². The second-order valence-electron chi connectivity index (χ2n) is 6.13. The molecule has 3 atom stereocenters. The van der Waals surface area contributed by atoms with Crippen molar-refractivity contribution in [3.05, 3.63) is 0 Å². The highest BCUT2D eigenvalue weighted by atomic mass is 19.1. The molecule has 2 saturated heterocycles. The number of halogens is 2. The highest BCUT2D eigenvalue weighted by molar-refractivity contribution is 5.06. The lowest BCUT2D eigenvalue weighted by Gasteiger charge is -2.34. The SMILES string of the molecule is CC(C)(C)OCC12C[C@H](F)CN1C[C@H](F)C2. The van der Waals surface area contributed by atoms with Crippen LogP contribution in [0.2, 0.25) is 0 Å². The number of ether oxygens (including phenoxy) is 1. The third kappa shape index (κ3) is 2.38. The Morgan fingerprint density at radius 1 is 1.19 bits per heavy atom. The molecule has 0 radical (unpaired) electrons. The minimum atomic E-state index is -0.823. The molecule has 2 aliphatic heterocycles. The molecule has 0 spiro atoms. The molecule has 0 aromatic rings. The van der Waals surface area contributed by atoms with E-state index in [-0.39, 0.29) is 11.1 Å². The third-order valence-corrected chi connectivity index (χ3v) is 3.48. The number of nitrogens with zero attached hydrogens (tertiary/aromatic N) is 1. The zero-order chi connectivity index (χ0) is 12.0. The van der Waals surface area contributed by atoms with Crippen LogP contribution in [0.1, 0.15) is 33.6 Å². The van der Waals surface area contributed by atoms with Gasteiger partial charge in [0.05, 0.1) is 17.7 Å². The lowest BCUT2D eigenvalue weighted by atomic mass is 9.94. The summed E-state index contributed by atoms with van der Waals surface area (Å²) in [5.41, 5.74) is -0.630. The maximum absolute atomic E-state index is 13.4. The van der Waals surface area contributed by atoms with Gasteiger partial charge in [0.15, 0.2) is 0 Å². The number of fused-ring (bicyclic) bond motifs is 1. The highest BCUT2D eigenvalue weighted by Gasteiger charge is 2.52. The van der Waals surface area contributed by atoms with E-state index in [0.29, 0.717) is 32.5 Å². The Hall–Kier alpha value is -0.220. The number of alkyl halides is 2. The van der Waals surface area contributed by atoms with E-state index in [0.717, 1.165) is 0 Å². The van der Waals surface area contributed by atoms with E-state index in [9.17, 15) is 8.78 Å². The van der Waals surface area contributed by atoms with Gasteiger partial charge in [0.1, 0.15) is 12.3 Å². The summed E-state index contributed by atoms with van der Waals surface area (Å²) < 4.78 is 32.6. The molecule has 1 unspecified atom stereocenters. The molecule has 0 aliphatic carbocycles. The van der Waals surface area contributed by atoms with Crippen molar-refractivity contribution >= 4 is 0 Å². The normalized spacial score (nSPS) is 40.3. The van der Waals surface area contributed by atoms with Crippen LogP contribution in [0.3, 0.4) is 0 Å². The predicted octanol–water partition coefficient (Wildman–Crippen LogP) is 2.33. The number of rotatable bonds is 2. The molecular weight excluding hydrogens is 212 g/mol. The van der Waals surface area contributed by atoms with E-state index in [2.05, 4.69) is 0 Å². The summed E-state index contributed by atoms with van der Waals surface area (Å²) in [4.78, 5) is 1.94. The van der Waals surface area contributed by atoms with Crippen LogP contribution in [0, 0.1) is 0 Å². The van der Waals surface area contributed by atoms with Crippen molar-refractivity contribution in [1.82, 2.24) is 4.90 Å². The van der Waals surface area contributed by atoms with Gasteiger partial charge < -0.3 is 4.74 Å². The number of hydrogen-bond acceptors (Lipinski definition) is 2. The Kier molecular flexibility index (Phi) is 2.99. The van der Waals surface area contributed by atoms with Crippen molar-refractivity contribution in [2.75, 3.05) is 19.7 Å². The summed E-state index contributed by atoms with van der Waals surface area (Å²) in [7, 11) is 0. The third-order valence-electron chi connectivity index (χ3n) is 3.48. The molecule has 4 heteroatoms. The van der Waals surface area contributed by atoms with Gasteiger partial charge in [-0.1, -0.05) is 0 Å². The first kappa shape index (κ1) is 12.2. The van der Waals surface area contributed by atoms with Gasteiger partial charge in [-0.15, -0.1) is 0 Å². The van der Waals surface area contributed by atoms with E-state index in [1.54, 1.807) is 0 Å². The van der Waals surface area contributed by atoms with Crippen molar-refractivity contribution < 1.29 is 13.5 Å². The fraction of sp³-hybridized carbons (Fsp3) is 1.00. The van der Waals surface area contributed by atoms with E-state index in [4.69, 9.17) is 4.74 Å². The molecule has 94 valence electrons. The molecule has 2 fully saturated rings. The van der Waals surface area contributed by atoms with Gasteiger partial charge in [0.25, 0.3) is 0 Å². The topological polar surface area (TPSA) is 12.5 Å². The van der Waals surface area contributed by atoms with Crippen molar-refractivity contribution in [2.24, 2.45) is 0 Å². The molecule has 0 aromatic heterocycles. The minimum absolute atomic E-state index is 0.247. The van der Waals surface area contributed by atoms with Gasteiger partial charge in [-0.3, -0.25) is 4.90 Å². The lowest BCUT2D eigenvalue weighted by Crippen LogP contribution is -2.44. The summed E-state index contributed by atoms with van der Waals surface area (Å²) in [6.07, 6.45) is -0.806. The molecule has 0 aromatic carbocycles. The predicted molar refractivity (Wildman–Crippen MR) is 59.0 cm³/mol. The Bertz CT molecular complexity index is 250. The molecule has 16 heavy (non-hydrogen) atoms. The first-order valence-corrected chi connectivity index (χ1v) is 5.98. The Morgan fingerprint density at radius 3 is 2.12 bits per heavy atom. The summed E-state index contributed by atoms with van der Waals surface area (Å²) in [5, 5.41) is 0. The largest absolute Gasteiger partial charge is 0.374 e. The van der Waals surface area contributed by atoms with Gasteiger partial charge in [-0.25, -0.2) is 8.78 Å². The van der Waals surface area contributed by atoms with Crippen molar-refractivity contribution in [2.45, 2.75) is 57.1 Å². The molecule has 2 rings (SSSR count). The zero-order valence-electron chi connectivity index (χ0n) is 10.3. The summed E-state index contributed by atoms with van der Waals surface area (Å²) in [6.45, 7) is 7.09. The van der Waals surface area contributed by atoms with Crippen molar-refractivity contribution in [3.8, 4) is 0 Å². The Morgan fingerprint density at radius 2 is 1.69 bits per heavy atom. The average Bonchev–Trinajstić information content (AvgIpc) is 2.52. The molecule has 0 saturated carbocycles. The second kappa shape index (κ2) is 3.91. The molecule has 0 bridgehead atoms. The highest BCUT2D eigenvalue weighted by Crippen LogP contribution is 2.41. The quantitative estimate of drug-likeness (QED) is 0.726. The summed E-state index contributed by atoms with van der Waals surface area (Å²) >= 11 is 0. The monoisotopic (exact) mass is 233 g/mol. The summed E-state index contributed by atoms with van der Waals surface area (Å²) in [5.74, 6) is 0.